The summed E-state index contributed by atoms with van der Waals surface area (Å²) in [5.74, 6) is 0.974. The second-order valence-corrected chi connectivity index (χ2v) is 7.31. The van der Waals surface area contributed by atoms with Gasteiger partial charge in [0.05, 0.1) is 24.8 Å². The standard InChI is InChI=1S/C16H25N3O2S/c1-4-21-15(20)12-22-14-11-17-10-13(18-14)19-8-5-6-16(2,3)7-9-19/h10-11H,4-9,12H2,1-3H3. The highest BCUT2D eigenvalue weighted by Gasteiger charge is 2.23. The van der Waals surface area contributed by atoms with E-state index in [2.05, 4.69) is 28.7 Å². The average Bonchev–Trinajstić information content (AvgIpc) is 2.67. The number of carbonyl (C=O) groups is 1. The van der Waals surface area contributed by atoms with Crippen LogP contribution in [0.5, 0.6) is 0 Å². The van der Waals surface area contributed by atoms with Crippen molar-refractivity contribution in [3.63, 3.8) is 0 Å². The molecule has 0 amide bonds. The lowest BCUT2D eigenvalue weighted by Gasteiger charge is -2.24. The van der Waals surface area contributed by atoms with Crippen molar-refractivity contribution in [1.82, 2.24) is 9.97 Å². The normalized spacial score (nSPS) is 17.9. The second-order valence-electron chi connectivity index (χ2n) is 6.31. The number of esters is 1. The third-order valence-corrected chi connectivity index (χ3v) is 4.78. The van der Waals surface area contributed by atoms with E-state index in [1.807, 2.05) is 13.1 Å². The molecule has 0 bridgehead atoms. The molecular weight excluding hydrogens is 298 g/mol. The molecule has 22 heavy (non-hydrogen) atoms. The maximum atomic E-state index is 11.4. The number of rotatable bonds is 5. The molecule has 0 spiro atoms. The van der Waals surface area contributed by atoms with E-state index in [1.165, 1.54) is 24.6 Å². The molecule has 1 aromatic rings. The van der Waals surface area contributed by atoms with E-state index in [1.54, 1.807) is 6.20 Å². The monoisotopic (exact) mass is 323 g/mol. The van der Waals surface area contributed by atoms with Gasteiger partial charge in [-0.05, 0) is 31.6 Å². The minimum Gasteiger partial charge on any atom is -0.465 e. The van der Waals surface area contributed by atoms with Gasteiger partial charge >= 0.3 is 5.97 Å². The number of hydrogen-bond acceptors (Lipinski definition) is 6. The van der Waals surface area contributed by atoms with Crippen molar-refractivity contribution in [2.75, 3.05) is 30.3 Å². The molecule has 0 atom stereocenters. The summed E-state index contributed by atoms with van der Waals surface area (Å²) in [6, 6.07) is 0. The molecule has 0 aromatic carbocycles. The Morgan fingerprint density at radius 3 is 2.95 bits per heavy atom. The van der Waals surface area contributed by atoms with Crippen molar-refractivity contribution >= 4 is 23.5 Å². The Balaban J connectivity index is 1.97. The molecule has 0 aliphatic carbocycles. The first-order chi connectivity index (χ1) is 10.5. The first-order valence-electron chi connectivity index (χ1n) is 7.85. The van der Waals surface area contributed by atoms with Crippen LogP contribution < -0.4 is 4.90 Å². The van der Waals surface area contributed by atoms with Crippen LogP contribution in [0.2, 0.25) is 0 Å². The summed E-state index contributed by atoms with van der Waals surface area (Å²) in [5, 5.41) is 0.772. The van der Waals surface area contributed by atoms with Gasteiger partial charge in [-0.2, -0.15) is 0 Å². The molecule has 1 aliphatic rings. The molecular formula is C16H25N3O2S. The van der Waals surface area contributed by atoms with Crippen LogP contribution in [0.15, 0.2) is 17.4 Å². The lowest BCUT2D eigenvalue weighted by Crippen LogP contribution is -2.26. The zero-order valence-electron chi connectivity index (χ0n) is 13.7. The van der Waals surface area contributed by atoms with E-state index in [9.17, 15) is 4.79 Å². The van der Waals surface area contributed by atoms with Crippen LogP contribution in [0.3, 0.4) is 0 Å². The van der Waals surface area contributed by atoms with Crippen molar-refractivity contribution in [3.05, 3.63) is 12.4 Å². The highest BCUT2D eigenvalue weighted by atomic mass is 32.2. The quantitative estimate of drug-likeness (QED) is 0.613. The highest BCUT2D eigenvalue weighted by Crippen LogP contribution is 2.31. The van der Waals surface area contributed by atoms with Gasteiger partial charge in [0, 0.05) is 13.1 Å². The maximum absolute atomic E-state index is 11.4. The van der Waals surface area contributed by atoms with Crippen LogP contribution in [0, 0.1) is 5.41 Å². The smallest absolute Gasteiger partial charge is 0.316 e. The Kier molecular flexibility index (Phi) is 6.06. The third kappa shape index (κ3) is 5.16. The fraction of sp³-hybridized carbons (Fsp3) is 0.688. The number of nitrogens with zero attached hydrogens (tertiary/aromatic N) is 3. The number of aromatic nitrogens is 2. The zero-order chi connectivity index (χ0) is 16.0. The van der Waals surface area contributed by atoms with Gasteiger partial charge < -0.3 is 9.64 Å². The minimum absolute atomic E-state index is 0.212. The summed E-state index contributed by atoms with van der Waals surface area (Å²) < 4.78 is 4.93. The van der Waals surface area contributed by atoms with E-state index in [-0.39, 0.29) is 11.7 Å². The van der Waals surface area contributed by atoms with Gasteiger partial charge in [0.15, 0.2) is 0 Å². The first-order valence-corrected chi connectivity index (χ1v) is 8.84. The van der Waals surface area contributed by atoms with E-state index in [4.69, 9.17) is 4.74 Å². The fourth-order valence-corrected chi connectivity index (χ4v) is 3.19. The first kappa shape index (κ1) is 17.1. The average molecular weight is 323 g/mol. The Labute approximate surface area is 136 Å². The number of thioether (sulfide) groups is 1. The maximum Gasteiger partial charge on any atom is 0.316 e. The molecule has 1 aliphatic heterocycles. The summed E-state index contributed by atoms with van der Waals surface area (Å²) in [6.07, 6.45) is 7.10. The van der Waals surface area contributed by atoms with Crippen LogP contribution >= 0.6 is 11.8 Å². The van der Waals surface area contributed by atoms with E-state index < -0.39 is 0 Å². The summed E-state index contributed by atoms with van der Waals surface area (Å²) in [6.45, 7) is 8.90. The van der Waals surface area contributed by atoms with Crippen molar-refractivity contribution in [2.24, 2.45) is 5.41 Å². The SMILES string of the molecule is CCOC(=O)CSc1cncc(N2CCCC(C)(C)CC2)n1. The Morgan fingerprint density at radius 1 is 1.36 bits per heavy atom. The van der Waals surface area contributed by atoms with Crippen LogP contribution in [0.4, 0.5) is 5.82 Å². The van der Waals surface area contributed by atoms with Crippen molar-refractivity contribution < 1.29 is 9.53 Å². The number of carbonyl (C=O) groups excluding carboxylic acids is 1. The van der Waals surface area contributed by atoms with Crippen LogP contribution in [-0.4, -0.2) is 41.4 Å². The number of anilines is 1. The fourth-order valence-electron chi connectivity index (χ4n) is 2.55. The van der Waals surface area contributed by atoms with Crippen molar-refractivity contribution in [1.29, 1.82) is 0 Å². The minimum atomic E-state index is -0.212. The van der Waals surface area contributed by atoms with Crippen molar-refractivity contribution in [3.8, 4) is 0 Å². The van der Waals surface area contributed by atoms with Crippen molar-refractivity contribution in [2.45, 2.75) is 45.1 Å². The van der Waals surface area contributed by atoms with Crippen LogP contribution in [0.1, 0.15) is 40.0 Å². The predicted molar refractivity (Wildman–Crippen MR) is 89.2 cm³/mol. The van der Waals surface area contributed by atoms with E-state index in [0.717, 1.165) is 30.4 Å². The number of ether oxygens (including phenoxy) is 1. The van der Waals surface area contributed by atoms with Crippen LogP contribution in [0.25, 0.3) is 0 Å². The van der Waals surface area contributed by atoms with Crippen LogP contribution in [-0.2, 0) is 9.53 Å². The van der Waals surface area contributed by atoms with Gasteiger partial charge in [-0.3, -0.25) is 9.78 Å². The molecule has 2 heterocycles. The second kappa shape index (κ2) is 7.81. The lowest BCUT2D eigenvalue weighted by molar-refractivity contribution is -0.139. The molecule has 1 fully saturated rings. The van der Waals surface area contributed by atoms with E-state index in [0.29, 0.717) is 12.0 Å². The van der Waals surface area contributed by atoms with Gasteiger partial charge in [-0.25, -0.2) is 4.98 Å². The lowest BCUT2D eigenvalue weighted by atomic mass is 9.85. The molecule has 0 radical (unpaired) electrons. The number of hydrogen-bond donors (Lipinski definition) is 0. The van der Waals surface area contributed by atoms with Gasteiger partial charge in [-0.15, -0.1) is 0 Å². The van der Waals surface area contributed by atoms with Gasteiger partial charge in [0.2, 0.25) is 0 Å². The summed E-state index contributed by atoms with van der Waals surface area (Å²) in [5.41, 5.74) is 0.401. The molecule has 1 aromatic heterocycles. The molecule has 1 saturated heterocycles. The zero-order valence-corrected chi connectivity index (χ0v) is 14.5. The molecule has 0 N–H and O–H groups in total. The van der Waals surface area contributed by atoms with Gasteiger partial charge in [0.1, 0.15) is 10.8 Å². The third-order valence-electron chi connectivity index (χ3n) is 3.91. The van der Waals surface area contributed by atoms with Gasteiger partial charge in [-0.1, -0.05) is 25.6 Å². The molecule has 122 valence electrons. The highest BCUT2D eigenvalue weighted by molar-refractivity contribution is 7.99. The summed E-state index contributed by atoms with van der Waals surface area (Å²) >= 11 is 1.38. The Morgan fingerprint density at radius 2 is 2.18 bits per heavy atom. The largest absolute Gasteiger partial charge is 0.465 e. The predicted octanol–water partition coefficient (Wildman–Crippen LogP) is 3.15. The Bertz CT molecular complexity index is 508. The topological polar surface area (TPSA) is 55.3 Å². The summed E-state index contributed by atoms with van der Waals surface area (Å²) in [7, 11) is 0. The molecule has 0 saturated carbocycles. The van der Waals surface area contributed by atoms with Gasteiger partial charge in [0.25, 0.3) is 0 Å². The molecule has 5 nitrogen and oxygen atoms in total. The van der Waals surface area contributed by atoms with E-state index >= 15 is 0 Å². The molecule has 0 unspecified atom stereocenters. The molecule has 6 heteroatoms. The molecule has 2 rings (SSSR count). The summed E-state index contributed by atoms with van der Waals surface area (Å²) in [4.78, 5) is 22.6. The Hall–Kier alpha value is -1.30.